The Labute approximate surface area is 116 Å². The first-order valence-electron chi connectivity index (χ1n) is 7.77. The molecule has 4 nitrogen and oxygen atoms in total. The van der Waals surface area contributed by atoms with Crippen molar-refractivity contribution in [3.8, 4) is 0 Å². The number of carbonyl (C=O) groups is 1. The van der Waals surface area contributed by atoms with Crippen LogP contribution in [-0.2, 0) is 9.53 Å². The molecule has 0 saturated carbocycles. The standard InChI is InChI=1S/C15H28N2O2/c1-12(2)9-14-5-3-4-7-17(14)15(18)10-13-11-19-8-6-16-13/h12-14,16H,3-11H2,1-2H3. The molecule has 2 atom stereocenters. The van der Waals surface area contributed by atoms with Crippen molar-refractivity contribution in [2.24, 2.45) is 5.92 Å². The Morgan fingerprint density at radius 2 is 2.26 bits per heavy atom. The summed E-state index contributed by atoms with van der Waals surface area (Å²) in [6.45, 7) is 7.75. The average Bonchev–Trinajstić information content (AvgIpc) is 2.39. The van der Waals surface area contributed by atoms with Gasteiger partial charge in [0, 0.05) is 31.6 Å². The first kappa shape index (κ1) is 14.8. The Bertz CT molecular complexity index is 288. The fraction of sp³-hybridized carbons (Fsp3) is 0.933. The first-order chi connectivity index (χ1) is 9.16. The van der Waals surface area contributed by atoms with Gasteiger partial charge in [-0.3, -0.25) is 4.79 Å². The lowest BCUT2D eigenvalue weighted by atomic mass is 9.93. The number of hydrogen-bond donors (Lipinski definition) is 1. The summed E-state index contributed by atoms with van der Waals surface area (Å²) in [6, 6.07) is 0.675. The van der Waals surface area contributed by atoms with Crippen molar-refractivity contribution in [2.75, 3.05) is 26.3 Å². The second-order valence-electron chi connectivity index (χ2n) is 6.30. The lowest BCUT2D eigenvalue weighted by Gasteiger charge is -2.38. The van der Waals surface area contributed by atoms with Crippen LogP contribution < -0.4 is 5.32 Å². The Kier molecular flexibility index (Phi) is 5.64. The van der Waals surface area contributed by atoms with E-state index < -0.39 is 0 Å². The van der Waals surface area contributed by atoms with Crippen LogP contribution in [0.3, 0.4) is 0 Å². The molecule has 0 aliphatic carbocycles. The molecule has 0 spiro atoms. The number of morpholine rings is 1. The maximum atomic E-state index is 12.5. The van der Waals surface area contributed by atoms with E-state index in [2.05, 4.69) is 24.1 Å². The van der Waals surface area contributed by atoms with Gasteiger partial charge in [0.05, 0.1) is 13.2 Å². The lowest BCUT2D eigenvalue weighted by Crippen LogP contribution is -2.49. The molecule has 0 radical (unpaired) electrons. The van der Waals surface area contributed by atoms with Gasteiger partial charge >= 0.3 is 0 Å². The number of piperidine rings is 1. The van der Waals surface area contributed by atoms with Crippen LogP contribution in [0.4, 0.5) is 0 Å². The molecule has 2 aliphatic rings. The van der Waals surface area contributed by atoms with Crippen molar-refractivity contribution in [2.45, 2.75) is 58.0 Å². The third-order valence-corrected chi connectivity index (χ3v) is 4.11. The predicted molar refractivity (Wildman–Crippen MR) is 76.0 cm³/mol. The molecule has 1 amide bonds. The third kappa shape index (κ3) is 4.46. The van der Waals surface area contributed by atoms with Crippen LogP contribution in [0.25, 0.3) is 0 Å². The van der Waals surface area contributed by atoms with Crippen LogP contribution in [0.1, 0.15) is 46.0 Å². The fourth-order valence-corrected chi connectivity index (χ4v) is 3.20. The lowest BCUT2D eigenvalue weighted by molar-refractivity contribution is -0.136. The molecule has 1 N–H and O–H groups in total. The molecular weight excluding hydrogens is 240 g/mol. The minimum Gasteiger partial charge on any atom is -0.378 e. The van der Waals surface area contributed by atoms with E-state index in [-0.39, 0.29) is 6.04 Å². The number of ether oxygens (including phenoxy) is 1. The molecule has 2 unspecified atom stereocenters. The molecule has 2 saturated heterocycles. The molecule has 0 aromatic heterocycles. The molecule has 0 bridgehead atoms. The molecule has 2 rings (SSSR count). The van der Waals surface area contributed by atoms with E-state index in [0.29, 0.717) is 30.9 Å². The van der Waals surface area contributed by atoms with E-state index in [1.165, 1.54) is 12.8 Å². The summed E-state index contributed by atoms with van der Waals surface area (Å²) in [5.74, 6) is 0.975. The predicted octanol–water partition coefficient (Wildman–Crippen LogP) is 1.79. The number of rotatable bonds is 4. The summed E-state index contributed by atoms with van der Waals surface area (Å²) in [6.07, 6.45) is 5.34. The Morgan fingerprint density at radius 1 is 1.42 bits per heavy atom. The maximum Gasteiger partial charge on any atom is 0.224 e. The van der Waals surface area contributed by atoms with Crippen LogP contribution in [0.2, 0.25) is 0 Å². The van der Waals surface area contributed by atoms with Crippen molar-refractivity contribution in [3.05, 3.63) is 0 Å². The highest BCUT2D eigenvalue weighted by molar-refractivity contribution is 5.77. The molecular formula is C15H28N2O2. The Hall–Kier alpha value is -0.610. The molecule has 110 valence electrons. The van der Waals surface area contributed by atoms with Crippen molar-refractivity contribution in [1.29, 1.82) is 0 Å². The largest absolute Gasteiger partial charge is 0.378 e. The highest BCUT2D eigenvalue weighted by Crippen LogP contribution is 2.23. The van der Waals surface area contributed by atoms with E-state index in [4.69, 9.17) is 4.74 Å². The zero-order valence-corrected chi connectivity index (χ0v) is 12.4. The van der Waals surface area contributed by atoms with E-state index in [0.717, 1.165) is 32.5 Å². The third-order valence-electron chi connectivity index (χ3n) is 4.11. The number of likely N-dealkylation sites (tertiary alicyclic amines) is 1. The van der Waals surface area contributed by atoms with Gasteiger partial charge in [0.1, 0.15) is 0 Å². The summed E-state index contributed by atoms with van der Waals surface area (Å²) in [5.41, 5.74) is 0. The van der Waals surface area contributed by atoms with E-state index in [1.807, 2.05) is 0 Å². The van der Waals surface area contributed by atoms with Crippen LogP contribution in [0, 0.1) is 5.92 Å². The number of hydrogen-bond acceptors (Lipinski definition) is 3. The van der Waals surface area contributed by atoms with Crippen molar-refractivity contribution in [1.82, 2.24) is 10.2 Å². The van der Waals surface area contributed by atoms with Gasteiger partial charge in [0.15, 0.2) is 0 Å². The molecule has 0 aromatic carbocycles. The van der Waals surface area contributed by atoms with Crippen LogP contribution >= 0.6 is 0 Å². The highest BCUT2D eigenvalue weighted by atomic mass is 16.5. The van der Waals surface area contributed by atoms with Gasteiger partial charge in [-0.15, -0.1) is 0 Å². The zero-order chi connectivity index (χ0) is 13.7. The zero-order valence-electron chi connectivity index (χ0n) is 12.4. The summed E-state index contributed by atoms with van der Waals surface area (Å²) < 4.78 is 5.43. The van der Waals surface area contributed by atoms with E-state index >= 15 is 0 Å². The van der Waals surface area contributed by atoms with Gasteiger partial charge in [-0.25, -0.2) is 0 Å². The summed E-state index contributed by atoms with van der Waals surface area (Å²) in [4.78, 5) is 14.6. The van der Waals surface area contributed by atoms with Crippen molar-refractivity contribution < 1.29 is 9.53 Å². The van der Waals surface area contributed by atoms with Crippen LogP contribution in [0.15, 0.2) is 0 Å². The quantitative estimate of drug-likeness (QED) is 0.845. The number of carbonyl (C=O) groups excluding carboxylic acids is 1. The Morgan fingerprint density at radius 3 is 2.95 bits per heavy atom. The molecule has 0 aromatic rings. The molecule has 2 fully saturated rings. The van der Waals surface area contributed by atoms with Gasteiger partial charge in [-0.05, 0) is 31.6 Å². The van der Waals surface area contributed by atoms with E-state index in [1.54, 1.807) is 0 Å². The van der Waals surface area contributed by atoms with E-state index in [9.17, 15) is 4.79 Å². The number of amides is 1. The molecule has 4 heteroatoms. The second-order valence-corrected chi connectivity index (χ2v) is 6.30. The SMILES string of the molecule is CC(C)CC1CCCCN1C(=O)CC1COCCN1. The fourth-order valence-electron chi connectivity index (χ4n) is 3.20. The normalized spacial score (nSPS) is 28.7. The number of nitrogens with zero attached hydrogens (tertiary/aromatic N) is 1. The topological polar surface area (TPSA) is 41.6 Å². The van der Waals surface area contributed by atoms with Gasteiger partial charge < -0.3 is 15.0 Å². The van der Waals surface area contributed by atoms with Crippen molar-refractivity contribution in [3.63, 3.8) is 0 Å². The van der Waals surface area contributed by atoms with Crippen molar-refractivity contribution >= 4 is 5.91 Å². The average molecular weight is 268 g/mol. The summed E-state index contributed by atoms with van der Waals surface area (Å²) >= 11 is 0. The molecule has 2 aliphatic heterocycles. The smallest absolute Gasteiger partial charge is 0.224 e. The minimum absolute atomic E-state index is 0.211. The maximum absolute atomic E-state index is 12.5. The number of nitrogens with one attached hydrogen (secondary N) is 1. The van der Waals surface area contributed by atoms with Crippen LogP contribution in [-0.4, -0.2) is 49.2 Å². The summed E-state index contributed by atoms with van der Waals surface area (Å²) in [7, 11) is 0. The van der Waals surface area contributed by atoms with Gasteiger partial charge in [0.25, 0.3) is 0 Å². The van der Waals surface area contributed by atoms with Gasteiger partial charge in [-0.1, -0.05) is 13.8 Å². The Balaban J connectivity index is 1.87. The van der Waals surface area contributed by atoms with Crippen LogP contribution in [0.5, 0.6) is 0 Å². The molecule has 2 heterocycles. The minimum atomic E-state index is 0.211. The molecule has 19 heavy (non-hydrogen) atoms. The summed E-state index contributed by atoms with van der Waals surface area (Å²) in [5, 5.41) is 3.37. The second kappa shape index (κ2) is 7.25. The van der Waals surface area contributed by atoms with Gasteiger partial charge in [0.2, 0.25) is 5.91 Å². The highest BCUT2D eigenvalue weighted by Gasteiger charge is 2.29. The first-order valence-corrected chi connectivity index (χ1v) is 7.77. The van der Waals surface area contributed by atoms with Gasteiger partial charge in [-0.2, -0.15) is 0 Å². The monoisotopic (exact) mass is 268 g/mol.